The number of phenolic OH excluding ortho intramolecular Hbond substituents is 1. The third-order valence-corrected chi connectivity index (χ3v) is 3.89. The number of para-hydroxylation sites is 1. The normalized spacial score (nSPS) is 14.4. The Morgan fingerprint density at radius 3 is 2.86 bits per heavy atom. The maximum Gasteiger partial charge on any atom is 0.258 e. The van der Waals surface area contributed by atoms with Crippen LogP contribution in [0.1, 0.15) is 21.5 Å². The van der Waals surface area contributed by atoms with Crippen LogP contribution in [-0.2, 0) is 6.54 Å². The Bertz CT molecular complexity index is 682. The summed E-state index contributed by atoms with van der Waals surface area (Å²) in [7, 11) is 0. The van der Waals surface area contributed by atoms with Gasteiger partial charge in [0.25, 0.3) is 5.91 Å². The molecule has 0 bridgehead atoms. The van der Waals surface area contributed by atoms with Gasteiger partial charge in [-0.25, -0.2) is 0 Å². The van der Waals surface area contributed by atoms with Crippen molar-refractivity contribution in [2.45, 2.75) is 13.5 Å². The van der Waals surface area contributed by atoms with Gasteiger partial charge in [-0.2, -0.15) is 0 Å². The lowest BCUT2D eigenvalue weighted by Crippen LogP contribution is -2.35. The number of nitrogens with zero attached hydrogens (tertiary/aromatic N) is 1. The van der Waals surface area contributed by atoms with Crippen LogP contribution < -0.4 is 10.2 Å². The molecule has 0 aromatic heterocycles. The number of hydrogen-bond donors (Lipinski definition) is 2. The van der Waals surface area contributed by atoms with Crippen LogP contribution in [0.15, 0.2) is 42.5 Å². The fourth-order valence-corrected chi connectivity index (χ4v) is 2.67. The van der Waals surface area contributed by atoms with Gasteiger partial charge in [-0.1, -0.05) is 24.3 Å². The molecule has 1 heterocycles. The molecule has 4 nitrogen and oxygen atoms in total. The maximum absolute atomic E-state index is 12.9. The van der Waals surface area contributed by atoms with Gasteiger partial charge in [0.1, 0.15) is 5.75 Å². The standard InChI is InChI=1S/C17H18N2O2/c1-12-14(6-4-8-16(12)20)17(21)19-10-9-18-11-13-5-2-3-7-15(13)19/h2-8,18,20H,9-11H2,1H3. The van der Waals surface area contributed by atoms with Gasteiger partial charge < -0.3 is 15.3 Å². The summed E-state index contributed by atoms with van der Waals surface area (Å²) in [6.07, 6.45) is 0. The fraction of sp³-hybridized carbons (Fsp3) is 0.235. The zero-order valence-electron chi connectivity index (χ0n) is 12.0. The number of hydrogen-bond acceptors (Lipinski definition) is 3. The molecule has 21 heavy (non-hydrogen) atoms. The molecule has 4 heteroatoms. The van der Waals surface area contributed by atoms with E-state index in [4.69, 9.17) is 0 Å². The van der Waals surface area contributed by atoms with Crippen molar-refractivity contribution in [1.82, 2.24) is 5.32 Å². The molecule has 108 valence electrons. The van der Waals surface area contributed by atoms with E-state index < -0.39 is 0 Å². The van der Waals surface area contributed by atoms with E-state index in [1.807, 2.05) is 24.3 Å². The van der Waals surface area contributed by atoms with Crippen LogP contribution >= 0.6 is 0 Å². The first-order chi connectivity index (χ1) is 10.2. The summed E-state index contributed by atoms with van der Waals surface area (Å²) in [5, 5.41) is 13.1. The molecule has 2 N–H and O–H groups in total. The third-order valence-electron chi connectivity index (χ3n) is 3.89. The number of carbonyl (C=O) groups excluding carboxylic acids is 1. The molecule has 0 spiro atoms. The summed E-state index contributed by atoms with van der Waals surface area (Å²) < 4.78 is 0. The van der Waals surface area contributed by atoms with Crippen LogP contribution in [0, 0.1) is 6.92 Å². The number of benzene rings is 2. The molecule has 0 atom stereocenters. The lowest BCUT2D eigenvalue weighted by atomic mass is 10.1. The molecule has 0 aliphatic carbocycles. The second-order valence-electron chi connectivity index (χ2n) is 5.21. The molecule has 0 unspecified atom stereocenters. The molecule has 2 aromatic rings. The molecule has 1 amide bonds. The number of nitrogens with one attached hydrogen (secondary N) is 1. The molecule has 0 fully saturated rings. The number of carbonyl (C=O) groups is 1. The number of aromatic hydroxyl groups is 1. The van der Waals surface area contributed by atoms with Gasteiger partial charge in [-0.3, -0.25) is 4.79 Å². The van der Waals surface area contributed by atoms with Gasteiger partial charge in [0, 0.05) is 36.4 Å². The van der Waals surface area contributed by atoms with E-state index in [9.17, 15) is 9.90 Å². The first kappa shape index (κ1) is 13.6. The summed E-state index contributed by atoms with van der Waals surface area (Å²) in [6, 6.07) is 13.0. The van der Waals surface area contributed by atoms with Gasteiger partial charge in [0.2, 0.25) is 0 Å². The second-order valence-corrected chi connectivity index (χ2v) is 5.21. The largest absolute Gasteiger partial charge is 0.508 e. The predicted octanol–water partition coefficient (Wildman–Crippen LogP) is 2.45. The number of anilines is 1. The quantitative estimate of drug-likeness (QED) is 0.844. The molecule has 3 rings (SSSR count). The van der Waals surface area contributed by atoms with E-state index >= 15 is 0 Å². The van der Waals surface area contributed by atoms with Crippen molar-refractivity contribution in [3.05, 3.63) is 59.2 Å². The SMILES string of the molecule is Cc1c(O)cccc1C(=O)N1CCNCc2ccccc21. The van der Waals surface area contributed by atoms with E-state index in [2.05, 4.69) is 5.32 Å². The van der Waals surface area contributed by atoms with Crippen LogP contribution in [0.25, 0.3) is 0 Å². The average molecular weight is 282 g/mol. The minimum Gasteiger partial charge on any atom is -0.508 e. The highest BCUT2D eigenvalue weighted by molar-refractivity contribution is 6.07. The highest BCUT2D eigenvalue weighted by Crippen LogP contribution is 2.26. The molecule has 0 saturated heterocycles. The first-order valence-corrected chi connectivity index (χ1v) is 7.07. The maximum atomic E-state index is 12.9. The summed E-state index contributed by atoms with van der Waals surface area (Å²) >= 11 is 0. The highest BCUT2D eigenvalue weighted by atomic mass is 16.3. The number of rotatable bonds is 1. The Kier molecular flexibility index (Phi) is 3.62. The molecule has 1 aliphatic rings. The van der Waals surface area contributed by atoms with E-state index in [1.54, 1.807) is 30.0 Å². The Balaban J connectivity index is 2.03. The van der Waals surface area contributed by atoms with Crippen molar-refractivity contribution in [2.75, 3.05) is 18.0 Å². The van der Waals surface area contributed by atoms with Crippen molar-refractivity contribution in [2.24, 2.45) is 0 Å². The smallest absolute Gasteiger partial charge is 0.258 e. The molecular weight excluding hydrogens is 264 g/mol. The van der Waals surface area contributed by atoms with Crippen molar-refractivity contribution in [1.29, 1.82) is 0 Å². The zero-order valence-corrected chi connectivity index (χ0v) is 12.0. The Hall–Kier alpha value is -2.33. The Morgan fingerprint density at radius 2 is 2.00 bits per heavy atom. The Labute approximate surface area is 124 Å². The highest BCUT2D eigenvalue weighted by Gasteiger charge is 2.23. The van der Waals surface area contributed by atoms with E-state index in [0.29, 0.717) is 17.7 Å². The van der Waals surface area contributed by atoms with Crippen molar-refractivity contribution in [3.63, 3.8) is 0 Å². The number of fused-ring (bicyclic) bond motifs is 1. The van der Waals surface area contributed by atoms with Crippen LogP contribution in [0.4, 0.5) is 5.69 Å². The minimum atomic E-state index is -0.0699. The van der Waals surface area contributed by atoms with E-state index in [1.165, 1.54) is 0 Å². The molecular formula is C17H18N2O2. The lowest BCUT2D eigenvalue weighted by Gasteiger charge is -2.23. The zero-order chi connectivity index (χ0) is 14.8. The van der Waals surface area contributed by atoms with Gasteiger partial charge in [-0.15, -0.1) is 0 Å². The predicted molar refractivity (Wildman–Crippen MR) is 82.7 cm³/mol. The van der Waals surface area contributed by atoms with Crippen LogP contribution in [0.2, 0.25) is 0 Å². The van der Waals surface area contributed by atoms with Gasteiger partial charge in [0.15, 0.2) is 0 Å². The van der Waals surface area contributed by atoms with Gasteiger partial charge in [-0.05, 0) is 30.7 Å². The minimum absolute atomic E-state index is 0.0699. The third kappa shape index (κ3) is 2.50. The number of amides is 1. The summed E-state index contributed by atoms with van der Waals surface area (Å²) in [5.74, 6) is 0.0848. The van der Waals surface area contributed by atoms with Gasteiger partial charge in [0.05, 0.1) is 0 Å². The summed E-state index contributed by atoms with van der Waals surface area (Å²) in [5.41, 5.74) is 3.22. The van der Waals surface area contributed by atoms with Crippen molar-refractivity contribution in [3.8, 4) is 5.75 Å². The van der Waals surface area contributed by atoms with Crippen LogP contribution in [0.5, 0.6) is 5.75 Å². The van der Waals surface area contributed by atoms with Crippen LogP contribution in [-0.4, -0.2) is 24.1 Å². The Morgan fingerprint density at radius 1 is 1.19 bits per heavy atom. The van der Waals surface area contributed by atoms with E-state index in [0.717, 1.165) is 24.3 Å². The first-order valence-electron chi connectivity index (χ1n) is 7.07. The molecule has 1 aliphatic heterocycles. The molecule has 0 radical (unpaired) electrons. The van der Waals surface area contributed by atoms with E-state index in [-0.39, 0.29) is 11.7 Å². The van der Waals surface area contributed by atoms with Crippen molar-refractivity contribution < 1.29 is 9.90 Å². The monoisotopic (exact) mass is 282 g/mol. The second kappa shape index (κ2) is 5.58. The topological polar surface area (TPSA) is 52.6 Å². The van der Waals surface area contributed by atoms with Crippen molar-refractivity contribution >= 4 is 11.6 Å². The average Bonchev–Trinajstić information content (AvgIpc) is 2.72. The van der Waals surface area contributed by atoms with Gasteiger partial charge >= 0.3 is 0 Å². The number of phenols is 1. The summed E-state index contributed by atoms with van der Waals surface area (Å²) in [4.78, 5) is 14.7. The molecule has 2 aromatic carbocycles. The lowest BCUT2D eigenvalue weighted by molar-refractivity contribution is 0.0986. The van der Waals surface area contributed by atoms with Crippen LogP contribution in [0.3, 0.4) is 0 Å². The molecule has 0 saturated carbocycles. The summed E-state index contributed by atoms with van der Waals surface area (Å²) in [6.45, 7) is 3.90. The fourth-order valence-electron chi connectivity index (χ4n) is 2.67.